The van der Waals surface area contributed by atoms with Crippen molar-refractivity contribution in [1.29, 1.82) is 0 Å². The number of rotatable bonds is 1. The van der Waals surface area contributed by atoms with Crippen molar-refractivity contribution in [1.82, 2.24) is 9.97 Å². The summed E-state index contributed by atoms with van der Waals surface area (Å²) in [5.74, 6) is -1.31. The fourth-order valence-electron chi connectivity index (χ4n) is 1.78. The minimum Gasteiger partial charge on any atom is -0.383 e. The third-order valence-electron chi connectivity index (χ3n) is 2.86. The van der Waals surface area contributed by atoms with Gasteiger partial charge in [0.05, 0.1) is 13.7 Å². The van der Waals surface area contributed by atoms with Gasteiger partial charge >= 0.3 is 0 Å². The second-order valence-electron chi connectivity index (χ2n) is 5.57. The summed E-state index contributed by atoms with van der Waals surface area (Å²) in [5, 5.41) is 0. The lowest BCUT2D eigenvalue weighted by atomic mass is 9.92. The molecular formula is C14H13BrF2IN3. The molecule has 3 nitrogen and oxygen atoms in total. The number of aromatic nitrogens is 2. The minimum atomic E-state index is -0.967. The van der Waals surface area contributed by atoms with Crippen LogP contribution in [0.4, 0.5) is 14.6 Å². The van der Waals surface area contributed by atoms with Crippen LogP contribution in [0.25, 0.3) is 11.4 Å². The first-order valence-electron chi connectivity index (χ1n) is 6.10. The number of nitrogens with zero attached hydrogens (tertiary/aromatic N) is 2. The van der Waals surface area contributed by atoms with Crippen LogP contribution < -0.4 is 5.73 Å². The molecule has 1 aromatic carbocycles. The molecule has 2 aromatic rings. The number of benzene rings is 1. The molecule has 0 aliphatic rings. The van der Waals surface area contributed by atoms with Gasteiger partial charge in [-0.15, -0.1) is 0 Å². The lowest BCUT2D eigenvalue weighted by molar-refractivity contribution is 0.504. The summed E-state index contributed by atoms with van der Waals surface area (Å²) in [6.07, 6.45) is 0. The maximum absolute atomic E-state index is 13.7. The second-order valence-corrected chi connectivity index (χ2v) is 7.44. The third-order valence-corrected chi connectivity index (χ3v) is 4.70. The standard InChI is InChI=1S/C14H13BrF2IN3/c1-14(2,3)11-10(18)12(19)21-13(20-11)6-4-5-7(16)9(17)8(6)15/h4-5H,1-3H3,(H2,19,20,21). The van der Waals surface area contributed by atoms with Crippen molar-refractivity contribution in [3.63, 3.8) is 0 Å². The van der Waals surface area contributed by atoms with Gasteiger partial charge in [-0.3, -0.25) is 0 Å². The average molecular weight is 468 g/mol. The Morgan fingerprint density at radius 2 is 1.81 bits per heavy atom. The predicted octanol–water partition coefficient (Wildman–Crippen LogP) is 4.67. The Bertz CT molecular complexity index is 714. The number of hydrogen-bond acceptors (Lipinski definition) is 3. The molecular weight excluding hydrogens is 455 g/mol. The van der Waals surface area contributed by atoms with Gasteiger partial charge in [0.2, 0.25) is 0 Å². The highest BCUT2D eigenvalue weighted by Gasteiger charge is 2.24. The molecule has 2 N–H and O–H groups in total. The van der Waals surface area contributed by atoms with Crippen molar-refractivity contribution in [2.24, 2.45) is 0 Å². The molecule has 1 heterocycles. The van der Waals surface area contributed by atoms with Gasteiger partial charge in [0.25, 0.3) is 0 Å². The van der Waals surface area contributed by atoms with E-state index in [0.29, 0.717) is 11.4 Å². The molecule has 0 aliphatic carbocycles. The van der Waals surface area contributed by atoms with Crippen LogP contribution in [0.1, 0.15) is 26.5 Å². The van der Waals surface area contributed by atoms with Gasteiger partial charge in [0.1, 0.15) is 5.82 Å². The van der Waals surface area contributed by atoms with Crippen molar-refractivity contribution >= 4 is 44.3 Å². The van der Waals surface area contributed by atoms with Crippen LogP contribution in [0.5, 0.6) is 0 Å². The van der Waals surface area contributed by atoms with Gasteiger partial charge in [0.15, 0.2) is 17.5 Å². The van der Waals surface area contributed by atoms with E-state index in [0.717, 1.165) is 15.3 Å². The Morgan fingerprint density at radius 1 is 1.19 bits per heavy atom. The third kappa shape index (κ3) is 3.18. The van der Waals surface area contributed by atoms with Crippen LogP contribution in [0.15, 0.2) is 16.6 Å². The summed E-state index contributed by atoms with van der Waals surface area (Å²) in [6.45, 7) is 6.00. The van der Waals surface area contributed by atoms with Crippen LogP contribution >= 0.6 is 38.5 Å². The van der Waals surface area contributed by atoms with Gasteiger partial charge < -0.3 is 5.73 Å². The van der Waals surface area contributed by atoms with Crippen LogP contribution in [0.3, 0.4) is 0 Å². The maximum atomic E-state index is 13.7. The topological polar surface area (TPSA) is 51.8 Å². The summed E-state index contributed by atoms with van der Waals surface area (Å²) >= 11 is 5.14. The molecule has 112 valence electrons. The van der Waals surface area contributed by atoms with Gasteiger partial charge in [0, 0.05) is 11.0 Å². The molecule has 0 aliphatic heterocycles. The van der Waals surface area contributed by atoms with Crippen LogP contribution in [0.2, 0.25) is 0 Å². The van der Waals surface area contributed by atoms with Crippen molar-refractivity contribution < 1.29 is 8.78 Å². The number of anilines is 1. The first kappa shape index (κ1) is 16.5. The summed E-state index contributed by atoms with van der Waals surface area (Å²) in [7, 11) is 0. The van der Waals surface area contributed by atoms with E-state index in [1.54, 1.807) is 0 Å². The molecule has 0 radical (unpaired) electrons. The molecule has 0 spiro atoms. The summed E-state index contributed by atoms with van der Waals surface area (Å²) < 4.78 is 27.7. The number of nitrogen functional groups attached to an aromatic ring is 1. The highest BCUT2D eigenvalue weighted by molar-refractivity contribution is 14.1. The van der Waals surface area contributed by atoms with E-state index in [-0.39, 0.29) is 15.7 Å². The maximum Gasteiger partial charge on any atom is 0.173 e. The molecule has 0 saturated carbocycles. The molecule has 0 saturated heterocycles. The first-order chi connectivity index (χ1) is 9.62. The van der Waals surface area contributed by atoms with E-state index in [2.05, 4.69) is 48.5 Å². The zero-order chi connectivity index (χ0) is 15.9. The van der Waals surface area contributed by atoms with E-state index in [9.17, 15) is 8.78 Å². The number of nitrogens with two attached hydrogens (primary N) is 1. The van der Waals surface area contributed by atoms with Crippen LogP contribution in [-0.4, -0.2) is 9.97 Å². The lowest BCUT2D eigenvalue weighted by Gasteiger charge is -2.21. The second kappa shape index (κ2) is 5.75. The number of halogens is 4. The van der Waals surface area contributed by atoms with Crippen molar-refractivity contribution in [3.05, 3.63) is 37.5 Å². The number of hydrogen-bond donors (Lipinski definition) is 1. The monoisotopic (exact) mass is 467 g/mol. The Labute approximate surface area is 143 Å². The molecule has 0 bridgehead atoms. The molecule has 2 rings (SSSR count). The predicted molar refractivity (Wildman–Crippen MR) is 90.9 cm³/mol. The summed E-state index contributed by atoms with van der Waals surface area (Å²) in [4.78, 5) is 8.68. The SMILES string of the molecule is CC(C)(C)c1nc(-c2ccc(F)c(F)c2Br)nc(N)c1I. The zero-order valence-corrected chi connectivity index (χ0v) is 15.4. The van der Waals surface area contributed by atoms with Crippen molar-refractivity contribution in [2.75, 3.05) is 5.73 Å². The molecule has 1 aromatic heterocycles. The smallest absolute Gasteiger partial charge is 0.173 e. The quantitative estimate of drug-likeness (QED) is 0.489. The molecule has 0 fully saturated rings. The summed E-state index contributed by atoms with van der Waals surface area (Å²) in [6, 6.07) is 2.47. The molecule has 0 unspecified atom stereocenters. The average Bonchev–Trinajstić information content (AvgIpc) is 2.38. The van der Waals surface area contributed by atoms with E-state index >= 15 is 0 Å². The largest absolute Gasteiger partial charge is 0.383 e. The normalized spacial score (nSPS) is 11.8. The highest BCUT2D eigenvalue weighted by atomic mass is 127. The van der Waals surface area contributed by atoms with Gasteiger partial charge in [-0.1, -0.05) is 20.8 Å². The van der Waals surface area contributed by atoms with Gasteiger partial charge in [-0.05, 0) is 50.7 Å². The highest BCUT2D eigenvalue weighted by Crippen LogP contribution is 2.34. The van der Waals surface area contributed by atoms with Crippen LogP contribution in [0, 0.1) is 15.2 Å². The first-order valence-corrected chi connectivity index (χ1v) is 7.97. The van der Waals surface area contributed by atoms with Gasteiger partial charge in [-0.25, -0.2) is 18.7 Å². The van der Waals surface area contributed by atoms with E-state index in [4.69, 9.17) is 5.73 Å². The molecule has 0 atom stereocenters. The van der Waals surface area contributed by atoms with E-state index in [1.165, 1.54) is 6.07 Å². The fourth-order valence-corrected chi connectivity index (χ4v) is 3.33. The van der Waals surface area contributed by atoms with E-state index < -0.39 is 11.6 Å². The van der Waals surface area contributed by atoms with E-state index in [1.807, 2.05) is 20.8 Å². The lowest BCUT2D eigenvalue weighted by Crippen LogP contribution is -2.18. The van der Waals surface area contributed by atoms with Crippen molar-refractivity contribution in [2.45, 2.75) is 26.2 Å². The Hall–Kier alpha value is -0.830. The van der Waals surface area contributed by atoms with Crippen molar-refractivity contribution in [3.8, 4) is 11.4 Å². The fraction of sp³-hybridized carbons (Fsp3) is 0.286. The summed E-state index contributed by atoms with van der Waals surface area (Å²) in [5.41, 5.74) is 6.82. The molecule has 21 heavy (non-hydrogen) atoms. The Morgan fingerprint density at radius 3 is 2.38 bits per heavy atom. The van der Waals surface area contributed by atoms with Gasteiger partial charge in [-0.2, -0.15) is 0 Å². The zero-order valence-electron chi connectivity index (χ0n) is 11.6. The molecule has 0 amide bonds. The Balaban J connectivity index is 2.72. The van der Waals surface area contributed by atoms with Crippen LogP contribution in [-0.2, 0) is 5.41 Å². The minimum absolute atomic E-state index is 0.0111. The Kier molecular flexibility index (Phi) is 4.53. The molecule has 7 heteroatoms.